The molecule has 3 rings (SSSR count). The fourth-order valence-corrected chi connectivity index (χ4v) is 2.87. The van der Waals surface area contributed by atoms with Crippen molar-refractivity contribution < 1.29 is 9.18 Å². The van der Waals surface area contributed by atoms with Gasteiger partial charge in [0.1, 0.15) is 5.82 Å². The average Bonchev–Trinajstić information content (AvgIpc) is 2.63. The summed E-state index contributed by atoms with van der Waals surface area (Å²) < 4.78 is 13.3. The largest absolute Gasteiger partial charge is 0.336 e. The van der Waals surface area contributed by atoms with Crippen molar-refractivity contribution in [3.8, 4) is 0 Å². The van der Waals surface area contributed by atoms with E-state index >= 15 is 0 Å². The van der Waals surface area contributed by atoms with Gasteiger partial charge in [-0.2, -0.15) is 0 Å². The van der Waals surface area contributed by atoms with Gasteiger partial charge in [-0.1, -0.05) is 0 Å². The molecule has 1 amide bonds. The summed E-state index contributed by atoms with van der Waals surface area (Å²) in [5, 5.41) is 0. The van der Waals surface area contributed by atoms with Gasteiger partial charge in [0.25, 0.3) is 5.91 Å². The van der Waals surface area contributed by atoms with E-state index in [1.165, 1.54) is 6.07 Å². The van der Waals surface area contributed by atoms with Gasteiger partial charge in [0, 0.05) is 63.3 Å². The van der Waals surface area contributed by atoms with Crippen LogP contribution in [0.2, 0.25) is 0 Å². The lowest BCUT2D eigenvalue weighted by Crippen LogP contribution is -2.49. The van der Waals surface area contributed by atoms with E-state index in [4.69, 9.17) is 0 Å². The van der Waals surface area contributed by atoms with Crippen LogP contribution in [0.1, 0.15) is 21.6 Å². The molecular formula is C18H21FN4O. The van der Waals surface area contributed by atoms with Crippen molar-refractivity contribution in [3.05, 3.63) is 59.4 Å². The van der Waals surface area contributed by atoms with E-state index in [9.17, 15) is 9.18 Å². The summed E-state index contributed by atoms with van der Waals surface area (Å²) in [5.41, 5.74) is 2.04. The fraction of sp³-hybridized carbons (Fsp3) is 0.389. The minimum Gasteiger partial charge on any atom is -0.336 e. The number of piperazine rings is 1. The number of hydrogen-bond donors (Lipinski definition) is 0. The molecule has 1 aliphatic rings. The highest BCUT2D eigenvalue weighted by molar-refractivity contribution is 5.94. The Labute approximate surface area is 141 Å². The Morgan fingerprint density at radius 3 is 2.67 bits per heavy atom. The summed E-state index contributed by atoms with van der Waals surface area (Å²) >= 11 is 0. The number of amides is 1. The lowest BCUT2D eigenvalue weighted by molar-refractivity contribution is 0.0638. The van der Waals surface area contributed by atoms with Gasteiger partial charge in [-0.15, -0.1) is 0 Å². The molecule has 0 bridgehead atoms. The number of aromatic nitrogens is 2. The van der Waals surface area contributed by atoms with E-state index in [0.717, 1.165) is 31.7 Å². The summed E-state index contributed by atoms with van der Waals surface area (Å²) in [4.78, 5) is 25.0. The first-order valence-corrected chi connectivity index (χ1v) is 8.16. The SMILES string of the molecule is Cc1cc(C(=O)N2CCN(CCc3cnccn3)CC2)ccc1F. The topological polar surface area (TPSA) is 49.3 Å². The monoisotopic (exact) mass is 328 g/mol. The van der Waals surface area contributed by atoms with Crippen molar-refractivity contribution in [2.45, 2.75) is 13.3 Å². The molecule has 2 heterocycles. The maximum Gasteiger partial charge on any atom is 0.253 e. The average molecular weight is 328 g/mol. The third kappa shape index (κ3) is 3.94. The Morgan fingerprint density at radius 1 is 1.21 bits per heavy atom. The third-order valence-electron chi connectivity index (χ3n) is 4.37. The zero-order valence-corrected chi connectivity index (χ0v) is 13.8. The Kier molecular flexibility index (Phi) is 5.15. The number of carbonyl (C=O) groups excluding carboxylic acids is 1. The van der Waals surface area contributed by atoms with Gasteiger partial charge in [-0.25, -0.2) is 4.39 Å². The maximum atomic E-state index is 13.3. The molecule has 0 atom stereocenters. The van der Waals surface area contributed by atoms with Gasteiger partial charge in [-0.3, -0.25) is 19.7 Å². The van der Waals surface area contributed by atoms with Crippen LogP contribution in [0.15, 0.2) is 36.8 Å². The van der Waals surface area contributed by atoms with Crippen molar-refractivity contribution in [1.29, 1.82) is 0 Å². The normalized spacial score (nSPS) is 15.5. The zero-order valence-electron chi connectivity index (χ0n) is 13.8. The molecule has 0 aliphatic carbocycles. The predicted molar refractivity (Wildman–Crippen MR) is 89.2 cm³/mol. The molecule has 1 aliphatic heterocycles. The second-order valence-electron chi connectivity index (χ2n) is 6.04. The van der Waals surface area contributed by atoms with Gasteiger partial charge >= 0.3 is 0 Å². The number of benzene rings is 1. The first-order chi connectivity index (χ1) is 11.6. The quantitative estimate of drug-likeness (QED) is 0.860. The molecule has 0 spiro atoms. The highest BCUT2D eigenvalue weighted by atomic mass is 19.1. The Hall–Kier alpha value is -2.34. The van der Waals surface area contributed by atoms with Crippen LogP contribution in [0, 0.1) is 12.7 Å². The molecule has 1 aromatic heterocycles. The Morgan fingerprint density at radius 2 is 2.00 bits per heavy atom. The van der Waals surface area contributed by atoms with Gasteiger partial charge in [0.2, 0.25) is 0 Å². The Balaban J connectivity index is 1.51. The van der Waals surface area contributed by atoms with Crippen molar-refractivity contribution in [1.82, 2.24) is 19.8 Å². The van der Waals surface area contributed by atoms with Crippen LogP contribution in [0.5, 0.6) is 0 Å². The van der Waals surface area contributed by atoms with E-state index in [1.54, 1.807) is 37.6 Å². The van der Waals surface area contributed by atoms with Crippen molar-refractivity contribution in [2.75, 3.05) is 32.7 Å². The molecule has 0 saturated carbocycles. The summed E-state index contributed by atoms with van der Waals surface area (Å²) in [6.45, 7) is 5.65. The molecule has 0 unspecified atom stereocenters. The number of aryl methyl sites for hydroxylation is 1. The van der Waals surface area contributed by atoms with Crippen LogP contribution in [0.3, 0.4) is 0 Å². The van der Waals surface area contributed by atoms with E-state index in [0.29, 0.717) is 24.2 Å². The number of nitrogens with zero attached hydrogens (tertiary/aromatic N) is 4. The molecule has 2 aromatic rings. The minimum absolute atomic E-state index is 0.0216. The smallest absolute Gasteiger partial charge is 0.253 e. The summed E-state index contributed by atoms with van der Waals surface area (Å²) in [7, 11) is 0. The number of hydrogen-bond acceptors (Lipinski definition) is 4. The number of carbonyl (C=O) groups is 1. The van der Waals surface area contributed by atoms with Crippen LogP contribution in [0.4, 0.5) is 4.39 Å². The number of rotatable bonds is 4. The minimum atomic E-state index is -0.277. The van der Waals surface area contributed by atoms with Crippen LogP contribution in [-0.2, 0) is 6.42 Å². The fourth-order valence-electron chi connectivity index (χ4n) is 2.87. The van der Waals surface area contributed by atoms with Gasteiger partial charge in [-0.05, 0) is 30.7 Å². The highest BCUT2D eigenvalue weighted by Crippen LogP contribution is 2.13. The second kappa shape index (κ2) is 7.49. The number of halogens is 1. The second-order valence-corrected chi connectivity index (χ2v) is 6.04. The predicted octanol–water partition coefficient (Wildman–Crippen LogP) is 1.92. The summed E-state index contributed by atoms with van der Waals surface area (Å²) in [5.74, 6) is -0.299. The molecule has 1 saturated heterocycles. The van der Waals surface area contributed by atoms with E-state index in [1.807, 2.05) is 4.90 Å². The van der Waals surface area contributed by atoms with Crippen LogP contribution in [-0.4, -0.2) is 58.4 Å². The van der Waals surface area contributed by atoms with Gasteiger partial charge in [0.15, 0.2) is 0 Å². The molecular weight excluding hydrogens is 307 g/mol. The van der Waals surface area contributed by atoms with E-state index in [-0.39, 0.29) is 11.7 Å². The van der Waals surface area contributed by atoms with Crippen LogP contribution < -0.4 is 0 Å². The Bertz CT molecular complexity index is 699. The van der Waals surface area contributed by atoms with Crippen LogP contribution >= 0.6 is 0 Å². The summed E-state index contributed by atoms with van der Waals surface area (Å²) in [6.07, 6.45) is 6.03. The third-order valence-corrected chi connectivity index (χ3v) is 4.37. The van der Waals surface area contributed by atoms with Crippen LogP contribution in [0.25, 0.3) is 0 Å². The van der Waals surface area contributed by atoms with Crippen molar-refractivity contribution in [2.24, 2.45) is 0 Å². The lowest BCUT2D eigenvalue weighted by atomic mass is 10.1. The molecule has 6 heteroatoms. The molecule has 24 heavy (non-hydrogen) atoms. The van der Waals surface area contributed by atoms with Gasteiger partial charge < -0.3 is 4.90 Å². The molecule has 1 fully saturated rings. The molecule has 126 valence electrons. The highest BCUT2D eigenvalue weighted by Gasteiger charge is 2.22. The molecule has 1 aromatic carbocycles. The molecule has 0 N–H and O–H groups in total. The van der Waals surface area contributed by atoms with E-state index in [2.05, 4.69) is 14.9 Å². The molecule has 5 nitrogen and oxygen atoms in total. The molecule has 0 radical (unpaired) electrons. The summed E-state index contributed by atoms with van der Waals surface area (Å²) in [6, 6.07) is 4.54. The maximum absolute atomic E-state index is 13.3. The first-order valence-electron chi connectivity index (χ1n) is 8.16. The zero-order chi connectivity index (χ0) is 16.9. The van der Waals surface area contributed by atoms with E-state index < -0.39 is 0 Å². The van der Waals surface area contributed by atoms with Crippen molar-refractivity contribution >= 4 is 5.91 Å². The van der Waals surface area contributed by atoms with Crippen molar-refractivity contribution in [3.63, 3.8) is 0 Å². The first kappa shape index (κ1) is 16.5. The standard InChI is InChI=1S/C18H21FN4O/c1-14-12-15(2-3-17(14)19)18(24)23-10-8-22(9-11-23)7-4-16-13-20-5-6-21-16/h2-3,5-6,12-13H,4,7-11H2,1H3. The lowest BCUT2D eigenvalue weighted by Gasteiger charge is -2.34. The van der Waals surface area contributed by atoms with Gasteiger partial charge in [0.05, 0.1) is 5.69 Å².